The summed E-state index contributed by atoms with van der Waals surface area (Å²) in [4.78, 5) is 21.7. The van der Waals surface area contributed by atoms with E-state index < -0.39 is 16.9 Å². The van der Waals surface area contributed by atoms with Crippen molar-refractivity contribution >= 4 is 11.6 Å². The van der Waals surface area contributed by atoms with E-state index in [1.165, 1.54) is 6.07 Å². The Balaban J connectivity index is 2.87. The van der Waals surface area contributed by atoms with Crippen LogP contribution in [0.2, 0.25) is 0 Å². The van der Waals surface area contributed by atoms with Gasteiger partial charge < -0.3 is 15.8 Å². The first-order chi connectivity index (χ1) is 9.32. The van der Waals surface area contributed by atoms with Crippen LogP contribution in [0.1, 0.15) is 19.4 Å². The van der Waals surface area contributed by atoms with Crippen LogP contribution in [-0.2, 0) is 4.79 Å². The number of para-hydroxylation sites is 1. The molecular formula is C13H19N3O4. The Morgan fingerprint density at radius 2 is 2.15 bits per heavy atom. The van der Waals surface area contributed by atoms with Crippen LogP contribution >= 0.6 is 0 Å². The first kappa shape index (κ1) is 15.9. The van der Waals surface area contributed by atoms with E-state index in [4.69, 9.17) is 10.5 Å². The molecule has 1 rings (SSSR count). The highest BCUT2D eigenvalue weighted by molar-refractivity contribution is 5.80. The number of carbonyl (C=O) groups is 1. The number of nitrogens with zero attached hydrogens (tertiary/aromatic N) is 1. The van der Waals surface area contributed by atoms with Crippen LogP contribution in [0.5, 0.6) is 5.75 Å². The summed E-state index contributed by atoms with van der Waals surface area (Å²) in [5.41, 5.74) is 5.77. The van der Waals surface area contributed by atoms with Crippen molar-refractivity contribution in [3.05, 3.63) is 33.9 Å². The van der Waals surface area contributed by atoms with Gasteiger partial charge in [0.1, 0.15) is 12.6 Å². The van der Waals surface area contributed by atoms with Crippen LogP contribution in [0.3, 0.4) is 0 Å². The predicted octanol–water partition coefficient (Wildman–Crippen LogP) is 1.13. The van der Waals surface area contributed by atoms with Gasteiger partial charge >= 0.3 is 5.69 Å². The maximum absolute atomic E-state index is 11.3. The number of hydrogen-bond acceptors (Lipinski definition) is 5. The van der Waals surface area contributed by atoms with Crippen molar-refractivity contribution in [2.75, 3.05) is 6.61 Å². The molecule has 7 heteroatoms. The van der Waals surface area contributed by atoms with E-state index >= 15 is 0 Å². The third-order valence-corrected chi connectivity index (χ3v) is 2.66. The molecule has 20 heavy (non-hydrogen) atoms. The Hall–Kier alpha value is -2.15. The summed E-state index contributed by atoms with van der Waals surface area (Å²) in [6.45, 7) is 5.38. The number of hydrogen-bond donors (Lipinski definition) is 2. The zero-order valence-corrected chi connectivity index (χ0v) is 11.8. The number of nitrogens with one attached hydrogen (secondary N) is 1. The fraction of sp³-hybridized carbons (Fsp3) is 0.462. The zero-order valence-electron chi connectivity index (χ0n) is 11.8. The van der Waals surface area contributed by atoms with E-state index in [1.807, 2.05) is 13.8 Å². The Morgan fingerprint density at radius 3 is 2.65 bits per heavy atom. The van der Waals surface area contributed by atoms with Crippen LogP contribution in [0, 0.1) is 17.0 Å². The van der Waals surface area contributed by atoms with Crippen molar-refractivity contribution in [2.24, 2.45) is 5.73 Å². The largest absolute Gasteiger partial charge is 0.484 e. The van der Waals surface area contributed by atoms with Gasteiger partial charge in [-0.05, 0) is 12.5 Å². The minimum atomic E-state index is -0.700. The number of nitrogens with two attached hydrogens (primary N) is 1. The lowest BCUT2D eigenvalue weighted by atomic mass is 10.2. The molecule has 110 valence electrons. The van der Waals surface area contributed by atoms with Crippen LogP contribution < -0.4 is 15.8 Å². The molecule has 0 saturated carbocycles. The molecule has 1 atom stereocenters. The standard InChI is InChI=1S/C13H19N3O4/c1-8(2)15-10(13(14)17)7-20-12-9(3)5-4-6-11(12)16(18)19/h4-6,8,10,15H,7H2,1-3H3,(H2,14,17). The van der Waals surface area contributed by atoms with Gasteiger partial charge in [0.15, 0.2) is 5.75 Å². The quantitative estimate of drug-likeness (QED) is 0.575. The van der Waals surface area contributed by atoms with Crippen LogP contribution in [0.4, 0.5) is 5.69 Å². The lowest BCUT2D eigenvalue weighted by molar-refractivity contribution is -0.385. The molecule has 0 aliphatic heterocycles. The SMILES string of the molecule is Cc1cccc([N+](=O)[O-])c1OCC(NC(C)C)C(N)=O. The molecule has 7 nitrogen and oxygen atoms in total. The summed E-state index contributed by atoms with van der Waals surface area (Å²) in [5, 5.41) is 13.9. The minimum absolute atomic E-state index is 0.0444. The third-order valence-electron chi connectivity index (χ3n) is 2.66. The molecule has 0 aliphatic carbocycles. The lowest BCUT2D eigenvalue weighted by Gasteiger charge is -2.19. The van der Waals surface area contributed by atoms with E-state index in [-0.39, 0.29) is 24.1 Å². The van der Waals surface area contributed by atoms with E-state index in [0.717, 1.165) is 0 Å². The van der Waals surface area contributed by atoms with Crippen molar-refractivity contribution in [1.82, 2.24) is 5.32 Å². The molecule has 1 aromatic carbocycles. The Bertz CT molecular complexity index is 502. The van der Waals surface area contributed by atoms with Crippen LogP contribution in [-0.4, -0.2) is 29.5 Å². The Morgan fingerprint density at radius 1 is 1.50 bits per heavy atom. The van der Waals surface area contributed by atoms with E-state index in [2.05, 4.69) is 5.32 Å². The van der Waals surface area contributed by atoms with Gasteiger partial charge in [-0.1, -0.05) is 26.0 Å². The molecule has 1 amide bonds. The normalized spacial score (nSPS) is 12.2. The first-order valence-corrected chi connectivity index (χ1v) is 6.25. The van der Waals surface area contributed by atoms with E-state index in [9.17, 15) is 14.9 Å². The average molecular weight is 281 g/mol. The Labute approximate surface area is 117 Å². The molecule has 0 radical (unpaired) electrons. The van der Waals surface area contributed by atoms with Crippen molar-refractivity contribution in [3.63, 3.8) is 0 Å². The number of ether oxygens (including phenoxy) is 1. The summed E-state index contributed by atoms with van der Waals surface area (Å²) >= 11 is 0. The topological polar surface area (TPSA) is 107 Å². The third kappa shape index (κ3) is 4.20. The first-order valence-electron chi connectivity index (χ1n) is 6.25. The summed E-state index contributed by atoms with van der Waals surface area (Å²) in [6.07, 6.45) is 0. The lowest BCUT2D eigenvalue weighted by Crippen LogP contribution is -2.48. The predicted molar refractivity (Wildman–Crippen MR) is 74.6 cm³/mol. The molecule has 0 bridgehead atoms. The highest BCUT2D eigenvalue weighted by Gasteiger charge is 2.21. The number of rotatable bonds is 7. The zero-order chi connectivity index (χ0) is 15.3. The number of amides is 1. The molecular weight excluding hydrogens is 262 g/mol. The second-order valence-corrected chi connectivity index (χ2v) is 4.77. The summed E-state index contributed by atoms with van der Waals surface area (Å²) < 4.78 is 5.45. The monoisotopic (exact) mass is 281 g/mol. The van der Waals surface area contributed by atoms with Gasteiger partial charge in [0.05, 0.1) is 4.92 Å². The van der Waals surface area contributed by atoms with E-state index in [0.29, 0.717) is 5.56 Å². The van der Waals surface area contributed by atoms with Crippen molar-refractivity contribution in [3.8, 4) is 5.75 Å². The van der Waals surface area contributed by atoms with E-state index in [1.54, 1.807) is 19.1 Å². The van der Waals surface area contributed by atoms with Gasteiger partial charge in [-0.2, -0.15) is 0 Å². The molecule has 1 aromatic rings. The van der Waals surface area contributed by atoms with Crippen LogP contribution in [0.15, 0.2) is 18.2 Å². The molecule has 0 heterocycles. The van der Waals surface area contributed by atoms with Gasteiger partial charge in [0, 0.05) is 12.1 Å². The molecule has 0 spiro atoms. The van der Waals surface area contributed by atoms with Gasteiger partial charge in [-0.25, -0.2) is 0 Å². The number of aryl methyl sites for hydroxylation is 1. The van der Waals surface area contributed by atoms with Crippen LogP contribution in [0.25, 0.3) is 0 Å². The average Bonchev–Trinajstić information content (AvgIpc) is 2.34. The summed E-state index contributed by atoms with van der Waals surface area (Å²) in [7, 11) is 0. The fourth-order valence-electron chi connectivity index (χ4n) is 1.75. The maximum atomic E-state index is 11.3. The fourth-order valence-corrected chi connectivity index (χ4v) is 1.75. The minimum Gasteiger partial charge on any atom is -0.484 e. The molecule has 0 fully saturated rings. The molecule has 3 N–H and O–H groups in total. The van der Waals surface area contributed by atoms with Gasteiger partial charge in [-0.15, -0.1) is 0 Å². The number of carbonyl (C=O) groups excluding carboxylic acids is 1. The number of nitro groups is 1. The van der Waals surface area contributed by atoms with Crippen molar-refractivity contribution in [2.45, 2.75) is 32.9 Å². The Kier molecular flexibility index (Phi) is 5.45. The number of benzene rings is 1. The number of nitro benzene ring substituents is 1. The summed E-state index contributed by atoms with van der Waals surface area (Å²) in [5.74, 6) is -0.399. The second kappa shape index (κ2) is 6.85. The van der Waals surface area contributed by atoms with Gasteiger partial charge in [-0.3, -0.25) is 14.9 Å². The molecule has 0 saturated heterocycles. The smallest absolute Gasteiger partial charge is 0.311 e. The van der Waals surface area contributed by atoms with Gasteiger partial charge in [0.2, 0.25) is 5.91 Å². The number of primary amides is 1. The van der Waals surface area contributed by atoms with Crippen molar-refractivity contribution in [1.29, 1.82) is 0 Å². The molecule has 0 aliphatic rings. The maximum Gasteiger partial charge on any atom is 0.311 e. The second-order valence-electron chi connectivity index (χ2n) is 4.77. The molecule has 0 aromatic heterocycles. The van der Waals surface area contributed by atoms with Gasteiger partial charge in [0.25, 0.3) is 0 Å². The highest BCUT2D eigenvalue weighted by Crippen LogP contribution is 2.30. The highest BCUT2D eigenvalue weighted by atomic mass is 16.6. The summed E-state index contributed by atoms with van der Waals surface area (Å²) in [6, 6.07) is 3.99. The molecule has 1 unspecified atom stereocenters. The van der Waals surface area contributed by atoms with Crippen molar-refractivity contribution < 1.29 is 14.5 Å².